The van der Waals surface area contributed by atoms with Gasteiger partial charge < -0.3 is 19.3 Å². The van der Waals surface area contributed by atoms with Crippen LogP contribution in [0.25, 0.3) is 5.69 Å². The zero-order valence-electron chi connectivity index (χ0n) is 22.1. The maximum Gasteiger partial charge on any atom is 0.424 e. The van der Waals surface area contributed by atoms with Crippen molar-refractivity contribution in [1.29, 1.82) is 0 Å². The maximum atomic E-state index is 14.9. The number of halogens is 4. The summed E-state index contributed by atoms with van der Waals surface area (Å²) in [4.78, 5) is 19.4. The second kappa shape index (κ2) is 10.0. The van der Waals surface area contributed by atoms with Gasteiger partial charge in [0, 0.05) is 29.3 Å². The van der Waals surface area contributed by atoms with Gasteiger partial charge in [0.15, 0.2) is 6.17 Å². The number of nitrogens with zero attached hydrogens (tertiary/aromatic N) is 3. The molecular formula is C31H27F4N3O3. The van der Waals surface area contributed by atoms with Crippen LogP contribution in [0.1, 0.15) is 47.7 Å². The number of aryl methyl sites for hydroxylation is 1. The van der Waals surface area contributed by atoms with Crippen molar-refractivity contribution in [2.75, 3.05) is 11.4 Å². The van der Waals surface area contributed by atoms with E-state index in [1.807, 2.05) is 53.2 Å². The summed E-state index contributed by atoms with van der Waals surface area (Å²) in [7, 11) is 0. The molecule has 2 aliphatic rings. The minimum atomic E-state index is -5.18. The summed E-state index contributed by atoms with van der Waals surface area (Å²) in [5, 5.41) is 10.3. The molecule has 6 rings (SSSR count). The standard InChI is InChI=1S/C31H27F4N3O3/c1-19(20-5-3-2-4-6-20)29(39)38-17-24(41-23-11-8-22(9-12-23)37-14-13-36-18-37)10-7-21-15-26-25(16-27(21)38)28(32)30(26,40)31(33,34)35/h2-6,8-9,11-16,18-19,24,28,40H,7,10,17H2,1H3/t19-,24-,28?,30?/m0/s1. The number of anilines is 1. The van der Waals surface area contributed by atoms with E-state index in [1.54, 1.807) is 31.6 Å². The largest absolute Gasteiger partial charge is 0.489 e. The Labute approximate surface area is 233 Å². The summed E-state index contributed by atoms with van der Waals surface area (Å²) in [5.74, 6) is -0.296. The van der Waals surface area contributed by atoms with E-state index in [4.69, 9.17) is 4.74 Å². The van der Waals surface area contributed by atoms with E-state index in [-0.39, 0.29) is 24.4 Å². The van der Waals surface area contributed by atoms with Crippen LogP contribution in [0.3, 0.4) is 0 Å². The van der Waals surface area contributed by atoms with Crippen LogP contribution in [0.15, 0.2) is 85.5 Å². The van der Waals surface area contributed by atoms with Gasteiger partial charge in [-0.1, -0.05) is 30.3 Å². The minimum Gasteiger partial charge on any atom is -0.489 e. The molecule has 1 aromatic heterocycles. The van der Waals surface area contributed by atoms with Crippen LogP contribution < -0.4 is 9.64 Å². The van der Waals surface area contributed by atoms with Gasteiger partial charge >= 0.3 is 6.18 Å². The fourth-order valence-corrected chi connectivity index (χ4v) is 5.65. The van der Waals surface area contributed by atoms with Gasteiger partial charge in [-0.3, -0.25) is 4.79 Å². The lowest BCUT2D eigenvalue weighted by Crippen LogP contribution is -2.53. The molecule has 10 heteroatoms. The zero-order chi connectivity index (χ0) is 28.9. The fourth-order valence-electron chi connectivity index (χ4n) is 5.65. The Kier molecular flexibility index (Phi) is 6.60. The Morgan fingerprint density at radius 1 is 1.12 bits per heavy atom. The van der Waals surface area contributed by atoms with Crippen LogP contribution in [-0.2, 0) is 16.8 Å². The van der Waals surface area contributed by atoms with E-state index in [1.165, 1.54) is 17.0 Å². The molecule has 1 N–H and O–H groups in total. The van der Waals surface area contributed by atoms with Crippen molar-refractivity contribution in [2.45, 2.75) is 49.7 Å². The highest BCUT2D eigenvalue weighted by Crippen LogP contribution is 2.60. The maximum absolute atomic E-state index is 14.9. The molecule has 0 radical (unpaired) electrons. The number of ether oxygens (including phenoxy) is 1. The first-order chi connectivity index (χ1) is 19.6. The number of alkyl halides is 4. The smallest absolute Gasteiger partial charge is 0.424 e. The summed E-state index contributed by atoms with van der Waals surface area (Å²) >= 11 is 0. The monoisotopic (exact) mass is 565 g/mol. The molecule has 2 unspecified atom stereocenters. The molecule has 0 saturated carbocycles. The Balaban J connectivity index is 1.34. The topological polar surface area (TPSA) is 67.6 Å². The second-order valence-corrected chi connectivity index (χ2v) is 10.5. The van der Waals surface area contributed by atoms with Gasteiger partial charge in [0.2, 0.25) is 11.5 Å². The molecule has 1 aliphatic carbocycles. The number of aromatic nitrogens is 2. The molecule has 0 spiro atoms. The van der Waals surface area contributed by atoms with Gasteiger partial charge in [-0.2, -0.15) is 13.2 Å². The van der Waals surface area contributed by atoms with Crippen LogP contribution >= 0.6 is 0 Å². The van der Waals surface area contributed by atoms with E-state index in [2.05, 4.69) is 4.98 Å². The van der Waals surface area contributed by atoms with Gasteiger partial charge in [-0.05, 0) is 72.9 Å². The molecule has 41 heavy (non-hydrogen) atoms. The molecule has 3 aromatic carbocycles. The van der Waals surface area contributed by atoms with Gasteiger partial charge in [-0.15, -0.1) is 0 Å². The number of aliphatic hydroxyl groups is 1. The van der Waals surface area contributed by atoms with Gasteiger partial charge in [0.25, 0.3) is 0 Å². The van der Waals surface area contributed by atoms with E-state index >= 15 is 0 Å². The first-order valence-electron chi connectivity index (χ1n) is 13.3. The molecule has 1 amide bonds. The minimum absolute atomic E-state index is 0.117. The molecule has 0 saturated heterocycles. The lowest BCUT2D eigenvalue weighted by atomic mass is 9.70. The molecule has 4 aromatic rings. The third-order valence-electron chi connectivity index (χ3n) is 8.02. The molecule has 4 atom stereocenters. The fraction of sp³-hybridized carbons (Fsp3) is 0.290. The molecule has 1 aliphatic heterocycles. The quantitative estimate of drug-likeness (QED) is 0.294. The van der Waals surface area contributed by atoms with Gasteiger partial charge in [0.1, 0.15) is 11.9 Å². The summed E-state index contributed by atoms with van der Waals surface area (Å²) in [6.45, 7) is 1.87. The van der Waals surface area contributed by atoms with Crippen molar-refractivity contribution < 1.29 is 32.2 Å². The Morgan fingerprint density at radius 2 is 1.85 bits per heavy atom. The van der Waals surface area contributed by atoms with Crippen LogP contribution in [0.2, 0.25) is 0 Å². The lowest BCUT2D eigenvalue weighted by molar-refractivity contribution is -0.302. The van der Waals surface area contributed by atoms with E-state index in [0.717, 1.165) is 11.3 Å². The molecule has 2 heterocycles. The Hall–Kier alpha value is -4.18. The highest BCUT2D eigenvalue weighted by atomic mass is 19.4. The SMILES string of the molecule is C[C@H](C(=O)N1C[C@@H](Oc2ccc(-n3ccnc3)cc2)CCc2cc3c(cc21)C(F)C3(O)C(F)(F)F)c1ccccc1. The first-order valence-corrected chi connectivity index (χ1v) is 13.3. The normalized spacial score (nSPS) is 22.6. The number of imidazole rings is 1. The highest BCUT2D eigenvalue weighted by molar-refractivity contribution is 5.99. The van der Waals surface area contributed by atoms with Crippen LogP contribution in [0, 0.1) is 0 Å². The number of carbonyl (C=O) groups is 1. The average molecular weight is 566 g/mol. The Bertz CT molecular complexity index is 1560. The van der Waals surface area contributed by atoms with Crippen molar-refractivity contribution in [3.63, 3.8) is 0 Å². The number of rotatable bonds is 5. The van der Waals surface area contributed by atoms with Crippen molar-refractivity contribution in [3.05, 3.63) is 108 Å². The van der Waals surface area contributed by atoms with E-state index in [9.17, 15) is 27.5 Å². The number of hydrogen-bond acceptors (Lipinski definition) is 4. The van der Waals surface area contributed by atoms with Crippen LogP contribution in [0.4, 0.5) is 23.2 Å². The molecule has 0 fully saturated rings. The summed E-state index contributed by atoms with van der Waals surface area (Å²) in [6, 6.07) is 19.0. The zero-order valence-corrected chi connectivity index (χ0v) is 22.1. The van der Waals surface area contributed by atoms with Crippen molar-refractivity contribution in [2.24, 2.45) is 0 Å². The van der Waals surface area contributed by atoms with Crippen molar-refractivity contribution in [3.8, 4) is 11.4 Å². The Morgan fingerprint density at radius 3 is 2.51 bits per heavy atom. The first kappa shape index (κ1) is 27.0. The lowest BCUT2D eigenvalue weighted by Gasteiger charge is -2.44. The predicted molar refractivity (Wildman–Crippen MR) is 144 cm³/mol. The number of carbonyl (C=O) groups excluding carboxylic acids is 1. The number of hydrogen-bond donors (Lipinski definition) is 1. The number of benzene rings is 3. The molecular weight excluding hydrogens is 538 g/mol. The van der Waals surface area contributed by atoms with Gasteiger partial charge in [-0.25, -0.2) is 9.37 Å². The van der Waals surface area contributed by atoms with Crippen molar-refractivity contribution >= 4 is 11.6 Å². The summed E-state index contributed by atoms with van der Waals surface area (Å²) in [6.07, 6.45) is -2.50. The van der Waals surface area contributed by atoms with Crippen LogP contribution in [0.5, 0.6) is 5.75 Å². The van der Waals surface area contributed by atoms with E-state index in [0.29, 0.717) is 23.4 Å². The average Bonchev–Trinajstić information content (AvgIpc) is 3.46. The molecule has 0 bridgehead atoms. The number of fused-ring (bicyclic) bond motifs is 2. The molecule has 6 nitrogen and oxygen atoms in total. The van der Waals surface area contributed by atoms with Crippen LogP contribution in [-0.4, -0.2) is 39.4 Å². The highest BCUT2D eigenvalue weighted by Gasteiger charge is 2.68. The predicted octanol–water partition coefficient (Wildman–Crippen LogP) is 6.18. The number of amides is 1. The third-order valence-corrected chi connectivity index (χ3v) is 8.02. The molecule has 212 valence electrons. The summed E-state index contributed by atoms with van der Waals surface area (Å²) in [5.41, 5.74) is -1.92. The summed E-state index contributed by atoms with van der Waals surface area (Å²) < 4.78 is 64.0. The van der Waals surface area contributed by atoms with Crippen molar-refractivity contribution in [1.82, 2.24) is 9.55 Å². The van der Waals surface area contributed by atoms with Gasteiger partial charge in [0.05, 0.1) is 18.8 Å². The second-order valence-electron chi connectivity index (χ2n) is 10.5. The third kappa shape index (κ3) is 4.56. The van der Waals surface area contributed by atoms with E-state index < -0.39 is 35.5 Å².